The molecule has 0 spiro atoms. The van der Waals surface area contributed by atoms with Gasteiger partial charge < -0.3 is 10.1 Å². The topological polar surface area (TPSA) is 39.1 Å². The molecule has 0 aliphatic rings. The molecule has 0 aliphatic carbocycles. The van der Waals surface area contributed by atoms with Crippen molar-refractivity contribution in [2.45, 2.75) is 39.3 Å². The zero-order valence-electron chi connectivity index (χ0n) is 11.2. The van der Waals surface area contributed by atoms with Gasteiger partial charge in [-0.05, 0) is 27.7 Å². The van der Waals surface area contributed by atoms with E-state index in [1.807, 2.05) is 17.8 Å². The molecule has 0 aliphatic heterocycles. The van der Waals surface area contributed by atoms with Crippen LogP contribution in [0.25, 0.3) is 0 Å². The fourth-order valence-electron chi connectivity index (χ4n) is 1.49. The van der Waals surface area contributed by atoms with E-state index in [-0.39, 0.29) is 11.6 Å². The average molecular weight is 260 g/mol. The number of nitrogens with zero attached hydrogens (tertiary/aromatic N) is 2. The maximum Gasteiger partial charge on any atom is 0.0877 e. The first-order valence-electron chi connectivity index (χ1n) is 5.78. The number of methoxy groups -OCH3 is 1. The Balaban J connectivity index is 2.71. The summed E-state index contributed by atoms with van der Waals surface area (Å²) in [5.74, 6) is 0. The van der Waals surface area contributed by atoms with Crippen molar-refractivity contribution in [3.8, 4) is 0 Å². The Morgan fingerprint density at radius 3 is 2.59 bits per heavy atom. The first-order valence-corrected chi connectivity index (χ1v) is 6.16. The average Bonchev–Trinajstić information content (AvgIpc) is 2.52. The van der Waals surface area contributed by atoms with Gasteiger partial charge in [0.1, 0.15) is 0 Å². The lowest BCUT2D eigenvalue weighted by Crippen LogP contribution is -2.40. The SMILES string of the molecule is COCC(CNC(C)(C)C)n1cc(Cl)c(C)n1. The van der Waals surface area contributed by atoms with Gasteiger partial charge in [0, 0.05) is 25.4 Å². The summed E-state index contributed by atoms with van der Waals surface area (Å²) >= 11 is 6.02. The van der Waals surface area contributed by atoms with Crippen LogP contribution in [0.4, 0.5) is 0 Å². The molecular weight excluding hydrogens is 238 g/mol. The maximum absolute atomic E-state index is 6.02. The summed E-state index contributed by atoms with van der Waals surface area (Å²) in [6.07, 6.45) is 1.85. The number of rotatable bonds is 5. The van der Waals surface area contributed by atoms with E-state index in [1.54, 1.807) is 7.11 Å². The third-order valence-corrected chi connectivity index (χ3v) is 2.83. The number of nitrogens with one attached hydrogen (secondary N) is 1. The maximum atomic E-state index is 6.02. The van der Waals surface area contributed by atoms with Crippen molar-refractivity contribution in [1.29, 1.82) is 0 Å². The summed E-state index contributed by atoms with van der Waals surface area (Å²) < 4.78 is 7.10. The van der Waals surface area contributed by atoms with Crippen molar-refractivity contribution in [2.24, 2.45) is 0 Å². The molecule has 17 heavy (non-hydrogen) atoms. The van der Waals surface area contributed by atoms with Gasteiger partial charge in [0.15, 0.2) is 0 Å². The lowest BCUT2D eigenvalue weighted by Gasteiger charge is -2.25. The summed E-state index contributed by atoms with van der Waals surface area (Å²) in [4.78, 5) is 0. The molecule has 1 atom stereocenters. The number of halogens is 1. The van der Waals surface area contributed by atoms with E-state index in [0.717, 1.165) is 12.2 Å². The molecule has 98 valence electrons. The molecule has 5 heteroatoms. The Morgan fingerprint density at radius 2 is 2.18 bits per heavy atom. The van der Waals surface area contributed by atoms with Crippen LogP contribution >= 0.6 is 11.6 Å². The quantitative estimate of drug-likeness (QED) is 0.883. The third-order valence-electron chi connectivity index (χ3n) is 2.46. The fraction of sp³-hybridized carbons (Fsp3) is 0.750. The van der Waals surface area contributed by atoms with Crippen LogP contribution < -0.4 is 5.32 Å². The first-order chi connectivity index (χ1) is 7.83. The molecule has 1 aromatic heterocycles. The molecular formula is C12H22ClN3O. The molecule has 1 unspecified atom stereocenters. The summed E-state index contributed by atoms with van der Waals surface area (Å²) in [5.41, 5.74) is 0.932. The van der Waals surface area contributed by atoms with E-state index in [9.17, 15) is 0 Å². The van der Waals surface area contributed by atoms with Crippen molar-refractivity contribution >= 4 is 11.6 Å². The molecule has 0 amide bonds. The standard InChI is InChI=1S/C12H22ClN3O/c1-9-11(13)7-16(15-9)10(8-17-5)6-14-12(2,3)4/h7,10,14H,6,8H2,1-5H3. The highest BCUT2D eigenvalue weighted by Gasteiger charge is 2.17. The monoisotopic (exact) mass is 259 g/mol. The molecule has 1 rings (SSSR count). The second-order valence-electron chi connectivity index (χ2n) is 5.28. The number of aryl methyl sites for hydroxylation is 1. The second kappa shape index (κ2) is 5.85. The number of hydrogen-bond acceptors (Lipinski definition) is 3. The van der Waals surface area contributed by atoms with Crippen LogP contribution in [0.2, 0.25) is 5.02 Å². The van der Waals surface area contributed by atoms with Gasteiger partial charge in [-0.2, -0.15) is 5.10 Å². The normalized spacial score (nSPS) is 14.0. The van der Waals surface area contributed by atoms with Crippen LogP contribution in [-0.4, -0.2) is 35.6 Å². The number of aromatic nitrogens is 2. The molecule has 0 bridgehead atoms. The van der Waals surface area contributed by atoms with Crippen LogP contribution in [-0.2, 0) is 4.74 Å². The van der Waals surface area contributed by atoms with Gasteiger partial charge in [0.25, 0.3) is 0 Å². The molecule has 4 nitrogen and oxygen atoms in total. The summed E-state index contributed by atoms with van der Waals surface area (Å²) in [7, 11) is 1.70. The zero-order valence-corrected chi connectivity index (χ0v) is 12.0. The molecule has 1 aromatic rings. The van der Waals surface area contributed by atoms with E-state index in [2.05, 4.69) is 31.2 Å². The molecule has 0 saturated heterocycles. The molecule has 1 heterocycles. The molecule has 1 N–H and O–H groups in total. The third kappa shape index (κ3) is 4.66. The van der Waals surface area contributed by atoms with E-state index >= 15 is 0 Å². The highest BCUT2D eigenvalue weighted by Crippen LogP contribution is 2.16. The highest BCUT2D eigenvalue weighted by atomic mass is 35.5. The summed E-state index contributed by atoms with van der Waals surface area (Å²) in [5, 5.41) is 8.54. The van der Waals surface area contributed by atoms with Gasteiger partial charge in [0.05, 0.1) is 23.4 Å². The molecule has 0 aromatic carbocycles. The van der Waals surface area contributed by atoms with Crippen LogP contribution in [0.15, 0.2) is 6.20 Å². The minimum atomic E-state index is 0.0813. The second-order valence-corrected chi connectivity index (χ2v) is 5.69. The Morgan fingerprint density at radius 1 is 1.53 bits per heavy atom. The summed E-state index contributed by atoms with van der Waals surface area (Å²) in [6, 6.07) is 0.158. The lowest BCUT2D eigenvalue weighted by atomic mass is 10.1. The van der Waals surface area contributed by atoms with Gasteiger partial charge in [-0.15, -0.1) is 0 Å². The lowest BCUT2D eigenvalue weighted by molar-refractivity contribution is 0.144. The van der Waals surface area contributed by atoms with Crippen LogP contribution in [0.5, 0.6) is 0 Å². The molecule has 0 saturated carbocycles. The van der Waals surface area contributed by atoms with Crippen LogP contribution in [0.3, 0.4) is 0 Å². The van der Waals surface area contributed by atoms with Gasteiger partial charge in [-0.25, -0.2) is 0 Å². The van der Waals surface area contributed by atoms with E-state index in [1.165, 1.54) is 0 Å². The molecule has 0 radical (unpaired) electrons. The van der Waals surface area contributed by atoms with E-state index in [0.29, 0.717) is 11.6 Å². The minimum absolute atomic E-state index is 0.0813. The van der Waals surface area contributed by atoms with Crippen LogP contribution in [0, 0.1) is 6.92 Å². The van der Waals surface area contributed by atoms with Crippen molar-refractivity contribution < 1.29 is 4.74 Å². The minimum Gasteiger partial charge on any atom is -0.382 e. The van der Waals surface area contributed by atoms with E-state index in [4.69, 9.17) is 16.3 Å². The van der Waals surface area contributed by atoms with Gasteiger partial charge in [-0.1, -0.05) is 11.6 Å². The van der Waals surface area contributed by atoms with Crippen molar-refractivity contribution in [3.05, 3.63) is 16.9 Å². The fourth-order valence-corrected chi connectivity index (χ4v) is 1.63. The summed E-state index contributed by atoms with van der Waals surface area (Å²) in [6.45, 7) is 9.73. The van der Waals surface area contributed by atoms with Gasteiger partial charge in [0.2, 0.25) is 0 Å². The Hall–Kier alpha value is -0.580. The number of ether oxygens (including phenoxy) is 1. The Kier molecular flexibility index (Phi) is 4.98. The largest absolute Gasteiger partial charge is 0.382 e. The van der Waals surface area contributed by atoms with Crippen molar-refractivity contribution in [2.75, 3.05) is 20.3 Å². The Bertz CT molecular complexity index is 338. The van der Waals surface area contributed by atoms with Crippen molar-refractivity contribution in [1.82, 2.24) is 15.1 Å². The van der Waals surface area contributed by atoms with E-state index < -0.39 is 0 Å². The Labute approximate surface area is 108 Å². The predicted octanol–water partition coefficient (Wildman–Crippen LogP) is 2.42. The highest BCUT2D eigenvalue weighted by molar-refractivity contribution is 6.31. The molecule has 0 fully saturated rings. The van der Waals surface area contributed by atoms with Crippen molar-refractivity contribution in [3.63, 3.8) is 0 Å². The van der Waals surface area contributed by atoms with Gasteiger partial charge in [-0.3, -0.25) is 4.68 Å². The first kappa shape index (κ1) is 14.5. The van der Waals surface area contributed by atoms with Crippen LogP contribution in [0.1, 0.15) is 32.5 Å². The number of hydrogen-bond donors (Lipinski definition) is 1. The predicted molar refractivity (Wildman–Crippen MR) is 70.6 cm³/mol. The smallest absolute Gasteiger partial charge is 0.0877 e. The van der Waals surface area contributed by atoms with Gasteiger partial charge >= 0.3 is 0 Å². The zero-order chi connectivity index (χ0) is 13.1.